The molecular formula is C19H32O. The summed E-state index contributed by atoms with van der Waals surface area (Å²) in [7, 11) is 0. The van der Waals surface area contributed by atoms with Crippen molar-refractivity contribution in [1.82, 2.24) is 0 Å². The second-order valence-electron chi connectivity index (χ2n) is 7.87. The van der Waals surface area contributed by atoms with Gasteiger partial charge in [0.1, 0.15) is 5.75 Å². The molecule has 0 spiro atoms. The third kappa shape index (κ3) is 4.26. The number of ether oxygens (including phenoxy) is 1. The first-order valence-corrected chi connectivity index (χ1v) is 7.85. The molecule has 0 fully saturated rings. The first kappa shape index (κ1) is 17.1. The molecule has 0 amide bonds. The van der Waals surface area contributed by atoms with Gasteiger partial charge in [0.2, 0.25) is 0 Å². The SMILES string of the molecule is CCCCOc1c(C)cc(C(C)(C)C)cc1C(C)(C)C. The summed E-state index contributed by atoms with van der Waals surface area (Å²) in [5, 5.41) is 0. The van der Waals surface area contributed by atoms with Gasteiger partial charge in [-0.05, 0) is 35.3 Å². The molecule has 1 heteroatoms. The van der Waals surface area contributed by atoms with Crippen molar-refractivity contribution in [1.29, 1.82) is 0 Å². The molecule has 0 atom stereocenters. The molecule has 0 aromatic heterocycles. The summed E-state index contributed by atoms with van der Waals surface area (Å²) in [5.41, 5.74) is 4.26. The zero-order valence-corrected chi connectivity index (χ0v) is 14.7. The number of aryl methyl sites for hydroxylation is 1. The summed E-state index contributed by atoms with van der Waals surface area (Å²) in [4.78, 5) is 0. The van der Waals surface area contributed by atoms with Crippen LogP contribution in [0, 0.1) is 6.92 Å². The lowest BCUT2D eigenvalue weighted by Crippen LogP contribution is -2.19. The summed E-state index contributed by atoms with van der Waals surface area (Å²) in [6.45, 7) is 18.8. The first-order valence-electron chi connectivity index (χ1n) is 7.85. The number of rotatable bonds is 4. The second-order valence-corrected chi connectivity index (χ2v) is 7.87. The van der Waals surface area contributed by atoms with Gasteiger partial charge in [0.05, 0.1) is 6.61 Å². The fourth-order valence-electron chi connectivity index (χ4n) is 2.27. The van der Waals surface area contributed by atoms with Crippen molar-refractivity contribution in [3.05, 3.63) is 28.8 Å². The van der Waals surface area contributed by atoms with Crippen molar-refractivity contribution in [2.75, 3.05) is 6.61 Å². The van der Waals surface area contributed by atoms with Gasteiger partial charge in [-0.2, -0.15) is 0 Å². The molecule has 0 aliphatic heterocycles. The average molecular weight is 276 g/mol. The lowest BCUT2D eigenvalue weighted by Gasteiger charge is -2.28. The Morgan fingerprint density at radius 1 is 0.950 bits per heavy atom. The molecular weight excluding hydrogens is 244 g/mol. The molecule has 1 aromatic rings. The fraction of sp³-hybridized carbons (Fsp3) is 0.684. The quantitative estimate of drug-likeness (QED) is 0.634. The van der Waals surface area contributed by atoms with E-state index in [-0.39, 0.29) is 10.8 Å². The Bertz CT molecular complexity index is 444. The smallest absolute Gasteiger partial charge is 0.125 e. The second kappa shape index (κ2) is 6.20. The van der Waals surface area contributed by atoms with E-state index in [4.69, 9.17) is 4.74 Å². The normalized spacial score (nSPS) is 12.6. The third-order valence-electron chi connectivity index (χ3n) is 3.69. The molecule has 1 nitrogen and oxygen atoms in total. The van der Waals surface area contributed by atoms with Crippen molar-refractivity contribution >= 4 is 0 Å². The molecule has 20 heavy (non-hydrogen) atoms. The summed E-state index contributed by atoms with van der Waals surface area (Å²) in [6, 6.07) is 4.63. The Balaban J connectivity index is 3.29. The molecule has 0 heterocycles. The van der Waals surface area contributed by atoms with Gasteiger partial charge in [-0.25, -0.2) is 0 Å². The molecule has 0 saturated heterocycles. The van der Waals surface area contributed by atoms with E-state index < -0.39 is 0 Å². The van der Waals surface area contributed by atoms with Gasteiger partial charge < -0.3 is 4.74 Å². The molecule has 114 valence electrons. The van der Waals surface area contributed by atoms with E-state index in [0.717, 1.165) is 18.8 Å². The Morgan fingerprint density at radius 3 is 2.00 bits per heavy atom. The van der Waals surface area contributed by atoms with Crippen molar-refractivity contribution in [3.8, 4) is 5.75 Å². The zero-order valence-electron chi connectivity index (χ0n) is 14.7. The van der Waals surface area contributed by atoms with Crippen LogP contribution in [0.15, 0.2) is 12.1 Å². The fourth-order valence-corrected chi connectivity index (χ4v) is 2.27. The van der Waals surface area contributed by atoms with Crippen LogP contribution in [0.25, 0.3) is 0 Å². The van der Waals surface area contributed by atoms with E-state index in [9.17, 15) is 0 Å². The highest BCUT2D eigenvalue weighted by Gasteiger charge is 2.24. The largest absolute Gasteiger partial charge is 0.493 e. The summed E-state index contributed by atoms with van der Waals surface area (Å²) < 4.78 is 6.10. The van der Waals surface area contributed by atoms with Crippen LogP contribution in [0.3, 0.4) is 0 Å². The van der Waals surface area contributed by atoms with E-state index >= 15 is 0 Å². The molecule has 1 rings (SSSR count). The lowest BCUT2D eigenvalue weighted by atomic mass is 9.79. The maximum Gasteiger partial charge on any atom is 0.125 e. The van der Waals surface area contributed by atoms with Crippen LogP contribution < -0.4 is 4.74 Å². The minimum absolute atomic E-state index is 0.105. The Labute approximate surface area is 125 Å². The standard InChI is InChI=1S/C19H32O/c1-9-10-11-20-17-14(2)12-15(18(3,4)5)13-16(17)19(6,7)8/h12-13H,9-11H2,1-8H3. The highest BCUT2D eigenvalue weighted by atomic mass is 16.5. The monoisotopic (exact) mass is 276 g/mol. The average Bonchev–Trinajstić information content (AvgIpc) is 2.28. The molecule has 0 bridgehead atoms. The van der Waals surface area contributed by atoms with Crippen LogP contribution >= 0.6 is 0 Å². The van der Waals surface area contributed by atoms with E-state index in [2.05, 4.69) is 67.5 Å². The number of benzene rings is 1. The van der Waals surface area contributed by atoms with E-state index in [1.807, 2.05) is 0 Å². The number of hydrogen-bond donors (Lipinski definition) is 0. The highest BCUT2D eigenvalue weighted by Crippen LogP contribution is 2.38. The van der Waals surface area contributed by atoms with Crippen molar-refractivity contribution < 1.29 is 4.74 Å². The summed E-state index contributed by atoms with van der Waals surface area (Å²) in [6.07, 6.45) is 2.29. The maximum atomic E-state index is 6.10. The van der Waals surface area contributed by atoms with Gasteiger partial charge in [0.15, 0.2) is 0 Å². The minimum atomic E-state index is 0.105. The predicted octanol–water partition coefficient (Wildman–Crippen LogP) is 5.77. The Morgan fingerprint density at radius 2 is 1.55 bits per heavy atom. The molecule has 0 saturated carbocycles. The molecule has 0 radical (unpaired) electrons. The van der Waals surface area contributed by atoms with Crippen LogP contribution in [0.5, 0.6) is 5.75 Å². The minimum Gasteiger partial charge on any atom is -0.493 e. The zero-order chi connectivity index (χ0) is 15.6. The van der Waals surface area contributed by atoms with Crippen LogP contribution in [-0.2, 0) is 10.8 Å². The molecule has 0 aliphatic carbocycles. The molecule has 1 aromatic carbocycles. The Kier molecular flexibility index (Phi) is 5.29. The first-order chi connectivity index (χ1) is 9.07. The van der Waals surface area contributed by atoms with Crippen molar-refractivity contribution in [2.24, 2.45) is 0 Å². The van der Waals surface area contributed by atoms with Crippen molar-refractivity contribution in [2.45, 2.75) is 79.1 Å². The molecule has 0 unspecified atom stereocenters. The van der Waals surface area contributed by atoms with Gasteiger partial charge in [0, 0.05) is 5.56 Å². The topological polar surface area (TPSA) is 9.23 Å². The summed E-state index contributed by atoms with van der Waals surface area (Å²) in [5.74, 6) is 1.10. The third-order valence-corrected chi connectivity index (χ3v) is 3.69. The van der Waals surface area contributed by atoms with E-state index in [1.54, 1.807) is 0 Å². The van der Waals surface area contributed by atoms with Crippen LogP contribution in [0.2, 0.25) is 0 Å². The maximum absolute atomic E-state index is 6.10. The van der Waals surface area contributed by atoms with Gasteiger partial charge in [-0.15, -0.1) is 0 Å². The van der Waals surface area contributed by atoms with Crippen LogP contribution in [0.4, 0.5) is 0 Å². The van der Waals surface area contributed by atoms with E-state index in [0.29, 0.717) is 0 Å². The van der Waals surface area contributed by atoms with Gasteiger partial charge in [-0.3, -0.25) is 0 Å². The van der Waals surface area contributed by atoms with Crippen LogP contribution in [0.1, 0.15) is 78.0 Å². The molecule has 0 N–H and O–H groups in total. The van der Waals surface area contributed by atoms with Gasteiger partial charge in [0.25, 0.3) is 0 Å². The number of unbranched alkanes of at least 4 members (excludes halogenated alkanes) is 1. The van der Waals surface area contributed by atoms with Gasteiger partial charge in [-0.1, -0.05) is 67.0 Å². The Hall–Kier alpha value is -0.980. The predicted molar refractivity (Wildman–Crippen MR) is 89.0 cm³/mol. The van der Waals surface area contributed by atoms with E-state index in [1.165, 1.54) is 23.1 Å². The summed E-state index contributed by atoms with van der Waals surface area (Å²) >= 11 is 0. The number of hydrogen-bond acceptors (Lipinski definition) is 1. The van der Waals surface area contributed by atoms with Crippen molar-refractivity contribution in [3.63, 3.8) is 0 Å². The molecule has 0 aliphatic rings. The van der Waals surface area contributed by atoms with Gasteiger partial charge >= 0.3 is 0 Å². The lowest BCUT2D eigenvalue weighted by molar-refractivity contribution is 0.298. The van der Waals surface area contributed by atoms with Crippen LogP contribution in [-0.4, -0.2) is 6.61 Å². The highest BCUT2D eigenvalue weighted by molar-refractivity contribution is 5.49.